The van der Waals surface area contributed by atoms with E-state index in [1.807, 2.05) is 0 Å². The van der Waals surface area contributed by atoms with Gasteiger partial charge in [0.15, 0.2) is 17.7 Å². The minimum Gasteiger partial charge on any atom is -0.493 e. The first-order chi connectivity index (χ1) is 13.9. The number of fused-ring (bicyclic) bond motifs is 1. The number of carbonyl (C=O) groups is 1. The van der Waals surface area contributed by atoms with Crippen molar-refractivity contribution in [3.05, 3.63) is 64.3 Å². The number of benzene rings is 2. The van der Waals surface area contributed by atoms with Gasteiger partial charge >= 0.3 is 11.7 Å². The van der Waals surface area contributed by atoms with E-state index in [9.17, 15) is 14.9 Å². The van der Waals surface area contributed by atoms with Gasteiger partial charge in [0.2, 0.25) is 11.3 Å². The number of nitro benzene ring substituents is 1. The van der Waals surface area contributed by atoms with Gasteiger partial charge in [0.05, 0.1) is 25.1 Å². The summed E-state index contributed by atoms with van der Waals surface area (Å²) in [7, 11) is 1.45. The summed E-state index contributed by atoms with van der Waals surface area (Å²) >= 11 is 0. The molecule has 3 rings (SSSR count). The lowest BCUT2D eigenvalue weighted by molar-refractivity contribution is -0.611. The second-order valence-corrected chi connectivity index (χ2v) is 6.09. The molecule has 0 atom stereocenters. The Hall–Kier alpha value is -3.88. The van der Waals surface area contributed by atoms with Gasteiger partial charge < -0.3 is 14.2 Å². The average Bonchev–Trinajstić information content (AvgIpc) is 2.69. The lowest BCUT2D eigenvalue weighted by Crippen LogP contribution is -2.44. The Balaban J connectivity index is 1.99. The summed E-state index contributed by atoms with van der Waals surface area (Å²) in [5.74, 6) is 6.15. The molecule has 0 radical (unpaired) electrons. The van der Waals surface area contributed by atoms with Crippen molar-refractivity contribution in [3.8, 4) is 17.2 Å². The SMILES string of the molecule is CCOC(=O)Cc1ccc(Oc2ccc3c(ccc[n+]3N)c2[N+](=O)[O-])c(OC)c1. The maximum atomic E-state index is 11.7. The molecule has 0 spiro atoms. The summed E-state index contributed by atoms with van der Waals surface area (Å²) in [5.41, 5.74) is 0.952. The smallest absolute Gasteiger partial charge is 0.325 e. The normalized spacial score (nSPS) is 10.6. The zero-order valence-corrected chi connectivity index (χ0v) is 16.0. The summed E-state index contributed by atoms with van der Waals surface area (Å²) in [6.45, 7) is 2.03. The van der Waals surface area contributed by atoms with Crippen molar-refractivity contribution >= 4 is 22.6 Å². The van der Waals surface area contributed by atoms with E-state index in [0.717, 1.165) is 0 Å². The number of nitrogens with two attached hydrogens (primary N) is 1. The van der Waals surface area contributed by atoms with E-state index in [4.69, 9.17) is 20.1 Å². The number of pyridine rings is 1. The third kappa shape index (κ3) is 4.18. The van der Waals surface area contributed by atoms with E-state index < -0.39 is 4.92 Å². The molecule has 0 saturated heterocycles. The minimum absolute atomic E-state index is 0.0464. The first-order valence-corrected chi connectivity index (χ1v) is 8.81. The highest BCUT2D eigenvalue weighted by Crippen LogP contribution is 2.39. The number of rotatable bonds is 7. The highest BCUT2D eigenvalue weighted by atomic mass is 16.6. The van der Waals surface area contributed by atoms with Crippen molar-refractivity contribution in [2.45, 2.75) is 13.3 Å². The van der Waals surface area contributed by atoms with E-state index in [-0.39, 0.29) is 29.6 Å². The van der Waals surface area contributed by atoms with Crippen LogP contribution >= 0.6 is 0 Å². The van der Waals surface area contributed by atoms with E-state index >= 15 is 0 Å². The number of ether oxygens (including phenoxy) is 3. The van der Waals surface area contributed by atoms with Crippen LogP contribution in [0.4, 0.5) is 5.69 Å². The average molecular weight is 398 g/mol. The molecule has 0 aliphatic rings. The second kappa shape index (κ2) is 8.42. The van der Waals surface area contributed by atoms with Crippen molar-refractivity contribution in [2.24, 2.45) is 0 Å². The van der Waals surface area contributed by atoms with Gasteiger partial charge in [-0.3, -0.25) is 14.9 Å². The first-order valence-electron chi connectivity index (χ1n) is 8.81. The van der Waals surface area contributed by atoms with E-state index in [2.05, 4.69) is 0 Å². The Kier molecular flexibility index (Phi) is 5.77. The van der Waals surface area contributed by atoms with E-state index in [1.54, 1.807) is 49.5 Å². The van der Waals surface area contributed by atoms with Gasteiger partial charge in [0, 0.05) is 12.1 Å². The number of esters is 1. The molecule has 3 aromatic rings. The predicted molar refractivity (Wildman–Crippen MR) is 104 cm³/mol. The van der Waals surface area contributed by atoms with Crippen molar-refractivity contribution < 1.29 is 28.6 Å². The standard InChI is InChI=1S/C20H20N3O6/c1-3-28-19(24)12-13-6-8-16(18(11-13)27-2)29-17-9-7-15-14(20(17)23(25)26)5-4-10-22(15)21/h4-11H,3,12,21H2,1-2H3/q+1. The molecule has 2 N–H and O–H groups in total. The Labute approximate surface area is 166 Å². The van der Waals surface area contributed by atoms with E-state index in [1.165, 1.54) is 17.9 Å². The number of nitrogen functional groups attached to an aromatic ring is 1. The molecule has 0 aliphatic heterocycles. The van der Waals surface area contributed by atoms with Gasteiger partial charge in [-0.2, -0.15) is 0 Å². The Morgan fingerprint density at radius 3 is 2.62 bits per heavy atom. The number of aromatic nitrogens is 1. The maximum absolute atomic E-state index is 11.7. The van der Waals surface area contributed by atoms with Gasteiger partial charge in [-0.15, -0.1) is 0 Å². The van der Waals surface area contributed by atoms with Crippen LogP contribution in [-0.2, 0) is 16.0 Å². The van der Waals surface area contributed by atoms with Gasteiger partial charge in [0.25, 0.3) is 0 Å². The fraction of sp³-hybridized carbons (Fsp3) is 0.200. The number of hydrogen-bond donors (Lipinski definition) is 1. The molecule has 0 aliphatic carbocycles. The molecule has 0 bridgehead atoms. The Morgan fingerprint density at radius 1 is 1.17 bits per heavy atom. The molecule has 29 heavy (non-hydrogen) atoms. The summed E-state index contributed by atoms with van der Waals surface area (Å²) < 4.78 is 17.4. The molecule has 9 nitrogen and oxygen atoms in total. The monoisotopic (exact) mass is 398 g/mol. The van der Waals surface area contributed by atoms with Gasteiger partial charge in [0.1, 0.15) is 5.39 Å². The zero-order chi connectivity index (χ0) is 21.0. The van der Waals surface area contributed by atoms with Crippen molar-refractivity contribution in [2.75, 3.05) is 19.6 Å². The van der Waals surface area contributed by atoms with Crippen LogP contribution in [0.5, 0.6) is 17.2 Å². The van der Waals surface area contributed by atoms with Crippen molar-refractivity contribution in [1.82, 2.24) is 0 Å². The first kappa shape index (κ1) is 19.9. The molecule has 0 amide bonds. The van der Waals surface area contributed by atoms with Crippen LogP contribution < -0.4 is 20.0 Å². The largest absolute Gasteiger partial charge is 0.493 e. The molecule has 9 heteroatoms. The van der Waals surface area contributed by atoms with Crippen molar-refractivity contribution in [1.29, 1.82) is 0 Å². The predicted octanol–water partition coefficient (Wildman–Crippen LogP) is 2.66. The number of hydrogen-bond acceptors (Lipinski definition) is 7. The quantitative estimate of drug-likeness (QED) is 0.214. The number of nitro groups is 1. The molecule has 0 fully saturated rings. The van der Waals surface area contributed by atoms with Crippen LogP contribution in [0, 0.1) is 10.1 Å². The summed E-state index contributed by atoms with van der Waals surface area (Å²) in [5, 5.41) is 12.1. The second-order valence-electron chi connectivity index (χ2n) is 6.09. The molecule has 0 saturated carbocycles. The van der Waals surface area contributed by atoms with Crippen LogP contribution in [0.15, 0.2) is 48.7 Å². The number of nitrogens with zero attached hydrogens (tertiary/aromatic N) is 2. The highest BCUT2D eigenvalue weighted by molar-refractivity contribution is 5.89. The van der Waals surface area contributed by atoms with Crippen LogP contribution in [0.1, 0.15) is 12.5 Å². The topological polar surface area (TPSA) is 118 Å². The summed E-state index contributed by atoms with van der Waals surface area (Å²) in [6, 6.07) is 11.2. The fourth-order valence-corrected chi connectivity index (χ4v) is 2.95. The maximum Gasteiger partial charge on any atom is 0.325 e. The van der Waals surface area contributed by atoms with E-state index in [0.29, 0.717) is 28.8 Å². The molecule has 2 aromatic carbocycles. The molecule has 1 aromatic heterocycles. The van der Waals surface area contributed by atoms with Crippen LogP contribution in [0.25, 0.3) is 10.9 Å². The zero-order valence-electron chi connectivity index (χ0n) is 16.0. The molecule has 1 heterocycles. The highest BCUT2D eigenvalue weighted by Gasteiger charge is 2.25. The molecule has 0 unspecified atom stereocenters. The van der Waals surface area contributed by atoms with Crippen molar-refractivity contribution in [3.63, 3.8) is 0 Å². The Bertz CT molecular complexity index is 1080. The molecule has 150 valence electrons. The summed E-state index contributed by atoms with van der Waals surface area (Å²) in [4.78, 5) is 22.9. The van der Waals surface area contributed by atoms with Gasteiger partial charge in [-0.25, -0.2) is 5.84 Å². The molecular weight excluding hydrogens is 378 g/mol. The van der Waals surface area contributed by atoms with Gasteiger partial charge in [-0.1, -0.05) is 10.7 Å². The lowest BCUT2D eigenvalue weighted by Gasteiger charge is -2.12. The van der Waals surface area contributed by atoms with Crippen LogP contribution in [0.3, 0.4) is 0 Å². The fourth-order valence-electron chi connectivity index (χ4n) is 2.95. The molecular formula is C20H20N3O6+. The third-order valence-electron chi connectivity index (χ3n) is 4.23. The third-order valence-corrected chi connectivity index (χ3v) is 4.23. The number of methoxy groups -OCH3 is 1. The van der Waals surface area contributed by atoms with Crippen LogP contribution in [-0.4, -0.2) is 24.6 Å². The van der Waals surface area contributed by atoms with Crippen LogP contribution in [0.2, 0.25) is 0 Å². The minimum atomic E-state index is -0.515. The Morgan fingerprint density at radius 2 is 1.93 bits per heavy atom. The number of carbonyl (C=O) groups excluding carboxylic acids is 1. The lowest BCUT2D eigenvalue weighted by atomic mass is 10.1. The summed E-state index contributed by atoms with van der Waals surface area (Å²) in [6.07, 6.45) is 1.68. The van der Waals surface area contributed by atoms with Gasteiger partial charge in [-0.05, 0) is 36.8 Å².